The molecule has 1 aromatic carbocycles. The number of halogens is 1. The summed E-state index contributed by atoms with van der Waals surface area (Å²) in [6, 6.07) is 8.86. The Balaban J connectivity index is 2.66. The summed E-state index contributed by atoms with van der Waals surface area (Å²) in [5.74, 6) is 1.35. The van der Waals surface area contributed by atoms with Crippen molar-refractivity contribution in [1.82, 2.24) is 0 Å². The summed E-state index contributed by atoms with van der Waals surface area (Å²) in [6.45, 7) is 8.99. The second kappa shape index (κ2) is 7.06. The predicted octanol–water partition coefficient (Wildman–Crippen LogP) is 5.92. The van der Waals surface area contributed by atoms with Crippen molar-refractivity contribution >= 4 is 11.6 Å². The molecule has 1 aromatic rings. The zero-order chi connectivity index (χ0) is 12.8. The number of rotatable bonds is 6. The molecular formula is C16H25Cl. The average Bonchev–Trinajstić information content (AvgIpc) is 2.37. The molecule has 1 heteroatoms. The zero-order valence-corrected chi connectivity index (χ0v) is 12.3. The number of hydrogen-bond donors (Lipinski definition) is 0. The van der Waals surface area contributed by atoms with Gasteiger partial charge in [-0.25, -0.2) is 0 Å². The molecule has 0 bridgehead atoms. The van der Waals surface area contributed by atoms with Crippen molar-refractivity contribution in [2.75, 3.05) is 0 Å². The van der Waals surface area contributed by atoms with Gasteiger partial charge in [0, 0.05) is 0 Å². The number of benzene rings is 1. The maximum absolute atomic E-state index is 6.45. The molecule has 0 saturated carbocycles. The van der Waals surface area contributed by atoms with Crippen LogP contribution < -0.4 is 0 Å². The van der Waals surface area contributed by atoms with Crippen LogP contribution in [0.15, 0.2) is 24.3 Å². The smallest absolute Gasteiger partial charge is 0.0587 e. The largest absolute Gasteiger partial charge is 0.118 e. The lowest BCUT2D eigenvalue weighted by atomic mass is 9.94. The van der Waals surface area contributed by atoms with E-state index in [1.54, 1.807) is 0 Å². The van der Waals surface area contributed by atoms with Gasteiger partial charge in [0.2, 0.25) is 0 Å². The second-order valence-corrected chi connectivity index (χ2v) is 5.72. The van der Waals surface area contributed by atoms with E-state index in [4.69, 9.17) is 11.6 Å². The minimum absolute atomic E-state index is 0.163. The summed E-state index contributed by atoms with van der Waals surface area (Å²) < 4.78 is 0. The van der Waals surface area contributed by atoms with Gasteiger partial charge in [-0.2, -0.15) is 0 Å². The standard InChI is InChI=1S/C16H25Cl/c1-5-12(3)11-16(17)15-9-7-14(8-10-15)13(4)6-2/h7-10,12-13,16H,5-6,11H2,1-4H3. The van der Waals surface area contributed by atoms with Crippen molar-refractivity contribution in [1.29, 1.82) is 0 Å². The van der Waals surface area contributed by atoms with E-state index in [2.05, 4.69) is 52.0 Å². The van der Waals surface area contributed by atoms with E-state index >= 15 is 0 Å². The van der Waals surface area contributed by atoms with E-state index in [-0.39, 0.29) is 5.38 Å². The highest BCUT2D eigenvalue weighted by atomic mass is 35.5. The van der Waals surface area contributed by atoms with Crippen LogP contribution in [0.5, 0.6) is 0 Å². The van der Waals surface area contributed by atoms with E-state index in [1.165, 1.54) is 24.0 Å². The van der Waals surface area contributed by atoms with Crippen LogP contribution in [0.2, 0.25) is 0 Å². The topological polar surface area (TPSA) is 0 Å². The molecule has 3 unspecified atom stereocenters. The summed E-state index contributed by atoms with van der Waals surface area (Å²) >= 11 is 6.45. The molecule has 3 atom stereocenters. The number of hydrogen-bond acceptors (Lipinski definition) is 0. The fourth-order valence-corrected chi connectivity index (χ4v) is 2.37. The lowest BCUT2D eigenvalue weighted by Crippen LogP contribution is -1.99. The van der Waals surface area contributed by atoms with Gasteiger partial charge in [-0.15, -0.1) is 11.6 Å². The van der Waals surface area contributed by atoms with Crippen LogP contribution in [-0.4, -0.2) is 0 Å². The predicted molar refractivity (Wildman–Crippen MR) is 77.8 cm³/mol. The molecule has 17 heavy (non-hydrogen) atoms. The highest BCUT2D eigenvalue weighted by molar-refractivity contribution is 6.20. The minimum Gasteiger partial charge on any atom is -0.118 e. The summed E-state index contributed by atoms with van der Waals surface area (Å²) in [5, 5.41) is 0.163. The average molecular weight is 253 g/mol. The molecule has 0 aliphatic heterocycles. The van der Waals surface area contributed by atoms with Gasteiger partial charge in [-0.3, -0.25) is 0 Å². The van der Waals surface area contributed by atoms with Gasteiger partial charge in [-0.05, 0) is 35.8 Å². The van der Waals surface area contributed by atoms with Crippen LogP contribution in [0, 0.1) is 5.92 Å². The van der Waals surface area contributed by atoms with Gasteiger partial charge in [0.15, 0.2) is 0 Å². The fourth-order valence-electron chi connectivity index (χ4n) is 1.93. The van der Waals surface area contributed by atoms with Crippen molar-refractivity contribution in [3.8, 4) is 0 Å². The molecule has 0 aliphatic carbocycles. The van der Waals surface area contributed by atoms with Crippen molar-refractivity contribution in [2.24, 2.45) is 5.92 Å². The quantitative estimate of drug-likeness (QED) is 0.552. The Labute approximate surface area is 111 Å². The van der Waals surface area contributed by atoms with E-state index in [9.17, 15) is 0 Å². The van der Waals surface area contributed by atoms with Crippen molar-refractivity contribution < 1.29 is 0 Å². The van der Waals surface area contributed by atoms with Gasteiger partial charge in [0.25, 0.3) is 0 Å². The molecule has 0 amide bonds. The molecule has 0 aliphatic rings. The fraction of sp³-hybridized carbons (Fsp3) is 0.625. The molecular weight excluding hydrogens is 228 g/mol. The molecule has 1 rings (SSSR count). The maximum Gasteiger partial charge on any atom is 0.0587 e. The highest BCUT2D eigenvalue weighted by Crippen LogP contribution is 2.30. The molecule has 0 heterocycles. The van der Waals surface area contributed by atoms with Gasteiger partial charge in [0.05, 0.1) is 5.38 Å². The first-order valence-electron chi connectivity index (χ1n) is 6.82. The van der Waals surface area contributed by atoms with Gasteiger partial charge in [0.1, 0.15) is 0 Å². The van der Waals surface area contributed by atoms with E-state index in [0.717, 1.165) is 6.42 Å². The zero-order valence-electron chi connectivity index (χ0n) is 11.5. The van der Waals surface area contributed by atoms with Crippen molar-refractivity contribution in [3.05, 3.63) is 35.4 Å². The van der Waals surface area contributed by atoms with Crippen molar-refractivity contribution in [3.63, 3.8) is 0 Å². The van der Waals surface area contributed by atoms with Crippen LogP contribution in [-0.2, 0) is 0 Å². The molecule has 0 spiro atoms. The third-order valence-electron chi connectivity index (χ3n) is 3.79. The van der Waals surface area contributed by atoms with E-state index in [0.29, 0.717) is 11.8 Å². The van der Waals surface area contributed by atoms with E-state index in [1.807, 2.05) is 0 Å². The molecule has 0 radical (unpaired) electrons. The van der Waals surface area contributed by atoms with Gasteiger partial charge < -0.3 is 0 Å². The lowest BCUT2D eigenvalue weighted by Gasteiger charge is -2.16. The Morgan fingerprint density at radius 3 is 1.94 bits per heavy atom. The highest BCUT2D eigenvalue weighted by Gasteiger charge is 2.12. The molecule has 0 aromatic heterocycles. The first-order valence-corrected chi connectivity index (χ1v) is 7.26. The van der Waals surface area contributed by atoms with Crippen molar-refractivity contribution in [2.45, 2.75) is 58.3 Å². The van der Waals surface area contributed by atoms with Crippen LogP contribution >= 0.6 is 11.6 Å². The Morgan fingerprint density at radius 1 is 0.941 bits per heavy atom. The Morgan fingerprint density at radius 2 is 1.47 bits per heavy atom. The molecule has 0 fully saturated rings. The molecule has 0 saturated heterocycles. The Bertz CT molecular complexity index is 315. The lowest BCUT2D eigenvalue weighted by molar-refractivity contribution is 0.508. The minimum atomic E-state index is 0.163. The van der Waals surface area contributed by atoms with Crippen LogP contribution in [0.1, 0.15) is 69.4 Å². The Hall–Kier alpha value is -0.490. The second-order valence-electron chi connectivity index (χ2n) is 5.19. The third-order valence-corrected chi connectivity index (χ3v) is 4.22. The van der Waals surface area contributed by atoms with Gasteiger partial charge >= 0.3 is 0 Å². The molecule has 96 valence electrons. The first kappa shape index (κ1) is 14.6. The molecule has 0 N–H and O–H groups in total. The third kappa shape index (κ3) is 4.35. The first-order chi connectivity index (χ1) is 8.08. The summed E-state index contributed by atoms with van der Waals surface area (Å²) in [4.78, 5) is 0. The summed E-state index contributed by atoms with van der Waals surface area (Å²) in [7, 11) is 0. The van der Waals surface area contributed by atoms with Crippen LogP contribution in [0.25, 0.3) is 0 Å². The molecule has 0 nitrogen and oxygen atoms in total. The van der Waals surface area contributed by atoms with Crippen LogP contribution in [0.3, 0.4) is 0 Å². The monoisotopic (exact) mass is 252 g/mol. The SMILES string of the molecule is CCC(C)CC(Cl)c1ccc(C(C)CC)cc1. The van der Waals surface area contributed by atoms with Crippen LogP contribution in [0.4, 0.5) is 0 Å². The summed E-state index contributed by atoms with van der Waals surface area (Å²) in [6.07, 6.45) is 3.46. The maximum atomic E-state index is 6.45. The van der Waals surface area contributed by atoms with Gasteiger partial charge in [-0.1, -0.05) is 58.4 Å². The normalized spacial score (nSPS) is 16.5. The Kier molecular flexibility index (Phi) is 6.05. The summed E-state index contributed by atoms with van der Waals surface area (Å²) in [5.41, 5.74) is 2.68. The van der Waals surface area contributed by atoms with E-state index < -0.39 is 0 Å². The number of alkyl halides is 1.